The predicted molar refractivity (Wildman–Crippen MR) is 198 cm³/mol. The molecule has 258 valence electrons. The van der Waals surface area contributed by atoms with Gasteiger partial charge in [0.15, 0.2) is 6.10 Å². The summed E-state index contributed by atoms with van der Waals surface area (Å²) in [5.74, 6) is -1.15. The number of aromatic nitrogens is 4. The van der Waals surface area contributed by atoms with E-state index in [-0.39, 0.29) is 0 Å². The molecule has 1 aliphatic heterocycles. The van der Waals surface area contributed by atoms with E-state index in [9.17, 15) is 18.3 Å². The first-order valence-corrected chi connectivity index (χ1v) is 18.4. The first-order valence-electron chi connectivity index (χ1n) is 16.6. The number of benzene rings is 3. The van der Waals surface area contributed by atoms with Crippen LogP contribution in [0.15, 0.2) is 73.1 Å². The number of pyridine rings is 1. The fraction of sp³-hybridized carbons (Fsp3) is 0.308. The summed E-state index contributed by atoms with van der Waals surface area (Å²) in [6.07, 6.45) is 3.46. The van der Waals surface area contributed by atoms with E-state index in [1.54, 1.807) is 6.20 Å². The van der Waals surface area contributed by atoms with Crippen molar-refractivity contribution in [3.63, 3.8) is 0 Å². The SMILES string of the molecule is Cc1ccc(-c2c(C(OC(C)(C)C)C(=O)O)c(C)c3c4c2cc(-c2ccnc(-c5ccc6c(cnn6C)c5)c2)n4C[C@H](C)N3S(C)(=O)=O)cc1. The molecule has 1 aliphatic rings. The normalized spacial score (nSPS) is 15.6. The molecule has 2 atom stereocenters. The highest BCUT2D eigenvalue weighted by atomic mass is 32.2. The van der Waals surface area contributed by atoms with Crippen LogP contribution in [0.2, 0.25) is 0 Å². The molecule has 0 amide bonds. The molecule has 0 fully saturated rings. The summed E-state index contributed by atoms with van der Waals surface area (Å²) in [4.78, 5) is 17.9. The zero-order valence-corrected chi connectivity index (χ0v) is 30.3. The lowest BCUT2D eigenvalue weighted by Gasteiger charge is -2.38. The van der Waals surface area contributed by atoms with Gasteiger partial charge in [-0.25, -0.2) is 13.2 Å². The van der Waals surface area contributed by atoms with E-state index in [4.69, 9.17) is 9.72 Å². The van der Waals surface area contributed by atoms with Crippen LogP contribution >= 0.6 is 0 Å². The van der Waals surface area contributed by atoms with Crippen molar-refractivity contribution in [2.24, 2.45) is 7.05 Å². The summed E-state index contributed by atoms with van der Waals surface area (Å²) in [5, 5.41) is 16.9. The molecule has 4 heterocycles. The number of hydrogen-bond acceptors (Lipinski definition) is 6. The number of carbonyl (C=O) groups is 1. The molecule has 7 rings (SSSR count). The molecule has 0 bridgehead atoms. The number of aryl methyl sites for hydroxylation is 2. The molecular formula is C39H41N5O5S. The summed E-state index contributed by atoms with van der Waals surface area (Å²) in [6.45, 7) is 11.6. The Balaban J connectivity index is 1.57. The van der Waals surface area contributed by atoms with Crippen LogP contribution in [0.1, 0.15) is 50.5 Å². The molecule has 50 heavy (non-hydrogen) atoms. The van der Waals surface area contributed by atoms with Crippen LogP contribution in [0.25, 0.3) is 55.4 Å². The maximum Gasteiger partial charge on any atom is 0.337 e. The Morgan fingerprint density at radius 1 is 1.00 bits per heavy atom. The summed E-state index contributed by atoms with van der Waals surface area (Å²) < 4.78 is 38.9. The van der Waals surface area contributed by atoms with Gasteiger partial charge in [-0.2, -0.15) is 5.10 Å². The first-order chi connectivity index (χ1) is 23.5. The van der Waals surface area contributed by atoms with E-state index < -0.39 is 33.7 Å². The molecule has 1 N–H and O–H groups in total. The molecule has 0 radical (unpaired) electrons. The fourth-order valence-corrected chi connectivity index (χ4v) is 8.67. The van der Waals surface area contributed by atoms with Crippen LogP contribution in [0.3, 0.4) is 0 Å². The minimum Gasteiger partial charge on any atom is -0.479 e. The average Bonchev–Trinajstić information content (AvgIpc) is 3.61. The standard InChI is InChI=1S/C39H41N5O5S/c1-22-9-11-25(12-10-22)34-29-19-32(27-15-16-40-30(18-27)26-13-14-31-28(17-26)20-41-42(31)7)43-21-23(2)44(50(8,47)48)35(36(29)43)24(3)33(34)37(38(45)46)49-39(4,5)6/h9-20,23,37H,21H2,1-8H3,(H,45,46)/t23-,37?/m0/s1. The van der Waals surface area contributed by atoms with Gasteiger partial charge in [-0.3, -0.25) is 14.0 Å². The zero-order chi connectivity index (χ0) is 35.9. The Labute approximate surface area is 292 Å². The van der Waals surface area contributed by atoms with Crippen molar-refractivity contribution in [3.8, 4) is 33.6 Å². The highest BCUT2D eigenvalue weighted by molar-refractivity contribution is 7.92. The number of aliphatic carboxylic acids is 1. The van der Waals surface area contributed by atoms with E-state index in [1.165, 1.54) is 10.6 Å². The van der Waals surface area contributed by atoms with Crippen LogP contribution in [0.4, 0.5) is 5.69 Å². The van der Waals surface area contributed by atoms with Crippen molar-refractivity contribution in [1.29, 1.82) is 0 Å². The Hall–Kier alpha value is -5.00. The third-order valence-corrected chi connectivity index (χ3v) is 10.7. The van der Waals surface area contributed by atoms with Crippen molar-refractivity contribution in [1.82, 2.24) is 19.3 Å². The van der Waals surface area contributed by atoms with E-state index in [2.05, 4.69) is 21.8 Å². The van der Waals surface area contributed by atoms with Gasteiger partial charge in [-0.1, -0.05) is 35.9 Å². The van der Waals surface area contributed by atoms with E-state index in [1.807, 2.05) is 108 Å². The molecule has 0 saturated heterocycles. The Morgan fingerprint density at radius 2 is 1.70 bits per heavy atom. The number of ether oxygens (including phenoxy) is 1. The number of carboxylic acids is 1. The highest BCUT2D eigenvalue weighted by Crippen LogP contribution is 2.50. The minimum absolute atomic E-state index is 0.394. The second-order valence-electron chi connectivity index (χ2n) is 14.4. The van der Waals surface area contributed by atoms with Gasteiger partial charge in [0.2, 0.25) is 10.0 Å². The predicted octanol–water partition coefficient (Wildman–Crippen LogP) is 7.65. The Morgan fingerprint density at radius 3 is 2.36 bits per heavy atom. The number of hydrogen-bond donors (Lipinski definition) is 1. The molecule has 0 saturated carbocycles. The van der Waals surface area contributed by atoms with Crippen LogP contribution < -0.4 is 4.31 Å². The Bertz CT molecular complexity index is 2440. The van der Waals surface area contributed by atoms with Gasteiger partial charge < -0.3 is 14.4 Å². The van der Waals surface area contributed by atoms with Crippen molar-refractivity contribution in [3.05, 3.63) is 89.7 Å². The number of rotatable bonds is 7. The number of nitrogens with zero attached hydrogens (tertiary/aromatic N) is 5. The molecule has 0 aliphatic carbocycles. The maximum absolute atomic E-state index is 13.6. The largest absolute Gasteiger partial charge is 0.479 e. The van der Waals surface area contributed by atoms with E-state index in [0.717, 1.165) is 55.4 Å². The number of fused-ring (bicyclic) bond motifs is 1. The summed E-state index contributed by atoms with van der Waals surface area (Å²) >= 11 is 0. The van der Waals surface area contributed by atoms with Crippen LogP contribution in [0.5, 0.6) is 0 Å². The number of carboxylic acid groups (broad SMARTS) is 1. The molecular weight excluding hydrogens is 651 g/mol. The lowest BCUT2D eigenvalue weighted by Crippen LogP contribution is -2.44. The number of sulfonamides is 1. The monoisotopic (exact) mass is 691 g/mol. The van der Waals surface area contributed by atoms with Crippen LogP contribution in [-0.4, -0.2) is 56.7 Å². The van der Waals surface area contributed by atoms with Crippen molar-refractivity contribution >= 4 is 43.5 Å². The van der Waals surface area contributed by atoms with Crippen molar-refractivity contribution in [2.75, 3.05) is 10.6 Å². The fourth-order valence-electron chi connectivity index (χ4n) is 7.40. The van der Waals surface area contributed by atoms with Gasteiger partial charge in [0.05, 0.1) is 46.5 Å². The molecule has 3 aromatic heterocycles. The van der Waals surface area contributed by atoms with Gasteiger partial charge in [0.25, 0.3) is 0 Å². The highest BCUT2D eigenvalue weighted by Gasteiger charge is 2.40. The van der Waals surface area contributed by atoms with Gasteiger partial charge >= 0.3 is 5.97 Å². The smallest absolute Gasteiger partial charge is 0.337 e. The van der Waals surface area contributed by atoms with Gasteiger partial charge in [-0.05, 0) is 88.6 Å². The summed E-state index contributed by atoms with van der Waals surface area (Å²) in [5.41, 5.74) is 8.50. The third kappa shape index (κ3) is 5.64. The minimum atomic E-state index is -3.77. The zero-order valence-electron chi connectivity index (χ0n) is 29.5. The summed E-state index contributed by atoms with van der Waals surface area (Å²) in [6, 6.07) is 19.7. The first kappa shape index (κ1) is 33.5. The number of anilines is 1. The second kappa shape index (κ2) is 11.8. The quantitative estimate of drug-likeness (QED) is 0.183. The van der Waals surface area contributed by atoms with Crippen LogP contribution in [0, 0.1) is 13.8 Å². The molecule has 0 spiro atoms. The van der Waals surface area contributed by atoms with E-state index >= 15 is 0 Å². The summed E-state index contributed by atoms with van der Waals surface area (Å²) in [7, 11) is -1.85. The van der Waals surface area contributed by atoms with E-state index in [0.29, 0.717) is 28.9 Å². The van der Waals surface area contributed by atoms with Gasteiger partial charge in [0, 0.05) is 52.9 Å². The van der Waals surface area contributed by atoms with Crippen molar-refractivity contribution < 1.29 is 23.1 Å². The molecule has 3 aromatic carbocycles. The Kier molecular flexibility index (Phi) is 7.91. The lowest BCUT2D eigenvalue weighted by atomic mass is 9.87. The molecule has 10 nitrogen and oxygen atoms in total. The average molecular weight is 692 g/mol. The van der Waals surface area contributed by atoms with Crippen molar-refractivity contribution in [2.45, 2.75) is 65.8 Å². The maximum atomic E-state index is 13.6. The lowest BCUT2D eigenvalue weighted by molar-refractivity contribution is -0.160. The van der Waals surface area contributed by atoms with Gasteiger partial charge in [-0.15, -0.1) is 0 Å². The topological polar surface area (TPSA) is 120 Å². The van der Waals surface area contributed by atoms with Crippen LogP contribution in [-0.2, 0) is 33.1 Å². The third-order valence-electron chi connectivity index (χ3n) is 9.44. The molecule has 1 unspecified atom stereocenters. The molecule has 11 heteroatoms. The molecule has 6 aromatic rings. The van der Waals surface area contributed by atoms with Gasteiger partial charge in [0.1, 0.15) is 0 Å². The second-order valence-corrected chi connectivity index (χ2v) is 16.2.